The summed E-state index contributed by atoms with van der Waals surface area (Å²) in [5, 5.41) is 5.35. The normalized spacial score (nSPS) is 15.8. The van der Waals surface area contributed by atoms with Gasteiger partial charge < -0.3 is 14.9 Å². The number of alkyl halides is 3. The lowest BCUT2D eigenvalue weighted by molar-refractivity contribution is -0.148. The largest absolute Gasteiger partial charge is 0.401 e. The van der Waals surface area contributed by atoms with Crippen LogP contribution >= 0.6 is 0 Å². The van der Waals surface area contributed by atoms with E-state index in [1.165, 1.54) is 46.2 Å². The predicted octanol–water partition coefficient (Wildman–Crippen LogP) is 1.49. The molecule has 33 heavy (non-hydrogen) atoms. The van der Waals surface area contributed by atoms with E-state index in [1.807, 2.05) is 0 Å². The molecule has 1 aliphatic rings. The Morgan fingerprint density at radius 3 is 2.21 bits per heavy atom. The van der Waals surface area contributed by atoms with Gasteiger partial charge in [-0.3, -0.25) is 9.69 Å². The van der Waals surface area contributed by atoms with Gasteiger partial charge in [0.25, 0.3) is 5.91 Å². The number of fused-ring (bicyclic) bond motifs is 1. The number of piperazine rings is 1. The zero-order valence-corrected chi connectivity index (χ0v) is 18.0. The van der Waals surface area contributed by atoms with E-state index in [0.717, 1.165) is 0 Å². The lowest BCUT2D eigenvalue weighted by Crippen LogP contribution is -2.50. The van der Waals surface area contributed by atoms with Crippen LogP contribution in [0.25, 0.3) is 22.2 Å². The number of nitrogens with zero attached hydrogens (tertiary/aromatic N) is 2. The molecule has 9 nitrogen and oxygen atoms in total. The zero-order chi connectivity index (χ0) is 24.0. The van der Waals surface area contributed by atoms with Crippen molar-refractivity contribution in [1.82, 2.24) is 19.8 Å². The van der Waals surface area contributed by atoms with Gasteiger partial charge in [-0.05, 0) is 29.8 Å². The number of primary sulfonamides is 1. The van der Waals surface area contributed by atoms with Gasteiger partial charge >= 0.3 is 11.9 Å². The van der Waals surface area contributed by atoms with E-state index in [4.69, 9.17) is 5.14 Å². The fourth-order valence-electron chi connectivity index (χ4n) is 3.93. The molecule has 1 saturated heterocycles. The number of halogens is 3. The van der Waals surface area contributed by atoms with Gasteiger partial charge in [0, 0.05) is 37.3 Å². The molecule has 2 aromatic carbocycles. The first-order valence-corrected chi connectivity index (χ1v) is 11.4. The summed E-state index contributed by atoms with van der Waals surface area (Å²) in [5.41, 5.74) is 1.02. The van der Waals surface area contributed by atoms with Crippen molar-refractivity contribution in [1.29, 1.82) is 0 Å². The molecule has 3 aromatic rings. The Bertz CT molecular complexity index is 1360. The van der Waals surface area contributed by atoms with Gasteiger partial charge in [0.05, 0.1) is 22.5 Å². The maximum atomic E-state index is 12.8. The molecular weight excluding hydrogens is 463 g/mol. The quantitative estimate of drug-likeness (QED) is 0.517. The molecule has 0 bridgehead atoms. The minimum Gasteiger partial charge on any atom is -0.336 e. The Morgan fingerprint density at radius 1 is 1.00 bits per heavy atom. The number of rotatable bonds is 4. The van der Waals surface area contributed by atoms with Crippen LogP contribution in [-0.4, -0.2) is 73.0 Å². The fourth-order valence-corrected chi connectivity index (χ4v) is 4.70. The molecule has 0 aliphatic carbocycles. The summed E-state index contributed by atoms with van der Waals surface area (Å²) in [5.74, 6) is -0.340. The number of sulfonamides is 1. The maximum Gasteiger partial charge on any atom is 0.401 e. The van der Waals surface area contributed by atoms with E-state index >= 15 is 0 Å². The Kier molecular flexibility index (Phi) is 5.80. The molecule has 0 saturated carbocycles. The van der Waals surface area contributed by atoms with Crippen LogP contribution in [-0.2, 0) is 10.0 Å². The van der Waals surface area contributed by atoms with Gasteiger partial charge in [0.2, 0.25) is 10.0 Å². The minimum absolute atomic E-state index is 0.115. The fraction of sp³-hybridized carbons (Fsp3) is 0.300. The summed E-state index contributed by atoms with van der Waals surface area (Å²) in [7, 11) is -4.12. The van der Waals surface area contributed by atoms with Gasteiger partial charge in [-0.1, -0.05) is 12.1 Å². The zero-order valence-electron chi connectivity index (χ0n) is 17.1. The molecule has 0 radical (unpaired) electrons. The number of benzene rings is 2. The highest BCUT2D eigenvalue weighted by Gasteiger charge is 2.33. The molecule has 176 valence electrons. The Morgan fingerprint density at radius 2 is 1.64 bits per heavy atom. The topological polar surface area (TPSA) is 132 Å². The second-order valence-corrected chi connectivity index (χ2v) is 9.28. The van der Waals surface area contributed by atoms with Gasteiger partial charge in [-0.15, -0.1) is 0 Å². The molecule has 0 unspecified atom stereocenters. The molecule has 1 amide bonds. The minimum atomic E-state index is -4.29. The molecule has 13 heteroatoms. The number of H-pyrrole nitrogens is 2. The van der Waals surface area contributed by atoms with E-state index in [-0.39, 0.29) is 48.1 Å². The van der Waals surface area contributed by atoms with Gasteiger partial charge in [-0.25, -0.2) is 18.4 Å². The van der Waals surface area contributed by atoms with Crippen molar-refractivity contribution in [3.8, 4) is 11.1 Å². The first-order valence-electron chi connectivity index (χ1n) is 9.89. The number of imidazole rings is 1. The van der Waals surface area contributed by atoms with Crippen molar-refractivity contribution in [3.05, 3.63) is 52.4 Å². The number of hydrogen-bond acceptors (Lipinski definition) is 5. The number of aromatic amines is 2. The van der Waals surface area contributed by atoms with Crippen molar-refractivity contribution in [2.75, 3.05) is 32.7 Å². The third kappa shape index (κ3) is 4.94. The molecule has 1 aliphatic heterocycles. The lowest BCUT2D eigenvalue weighted by Gasteiger charge is -2.35. The lowest BCUT2D eigenvalue weighted by atomic mass is 10.0. The number of carbonyl (C=O) groups is 1. The first kappa shape index (κ1) is 23.0. The molecule has 4 N–H and O–H groups in total. The van der Waals surface area contributed by atoms with Gasteiger partial charge in [0.1, 0.15) is 0 Å². The summed E-state index contributed by atoms with van der Waals surface area (Å²) in [6, 6.07) is 8.76. The van der Waals surface area contributed by atoms with Crippen LogP contribution in [0.2, 0.25) is 0 Å². The van der Waals surface area contributed by atoms with E-state index in [1.54, 1.807) is 0 Å². The molecule has 0 atom stereocenters. The predicted molar refractivity (Wildman–Crippen MR) is 114 cm³/mol. The van der Waals surface area contributed by atoms with E-state index in [2.05, 4.69) is 9.97 Å². The molecule has 2 heterocycles. The number of carbonyl (C=O) groups excluding carboxylic acids is 1. The van der Waals surface area contributed by atoms with Crippen LogP contribution in [0.5, 0.6) is 0 Å². The van der Waals surface area contributed by atoms with Crippen LogP contribution in [0, 0.1) is 0 Å². The van der Waals surface area contributed by atoms with Gasteiger partial charge in [-0.2, -0.15) is 13.2 Å². The van der Waals surface area contributed by atoms with Crippen LogP contribution < -0.4 is 10.8 Å². The highest BCUT2D eigenvalue weighted by molar-refractivity contribution is 7.89. The van der Waals surface area contributed by atoms with Crippen LogP contribution in [0.15, 0.2) is 46.1 Å². The average Bonchev–Trinajstić information content (AvgIpc) is 3.11. The van der Waals surface area contributed by atoms with Crippen molar-refractivity contribution < 1.29 is 26.4 Å². The van der Waals surface area contributed by atoms with E-state index in [0.29, 0.717) is 16.6 Å². The average molecular weight is 483 g/mol. The highest BCUT2D eigenvalue weighted by Crippen LogP contribution is 2.32. The third-order valence-corrected chi connectivity index (χ3v) is 6.40. The van der Waals surface area contributed by atoms with Crippen molar-refractivity contribution in [2.45, 2.75) is 11.1 Å². The maximum absolute atomic E-state index is 12.8. The van der Waals surface area contributed by atoms with Crippen molar-refractivity contribution >= 4 is 27.0 Å². The second-order valence-electron chi connectivity index (χ2n) is 7.75. The van der Waals surface area contributed by atoms with E-state index < -0.39 is 28.4 Å². The summed E-state index contributed by atoms with van der Waals surface area (Å²) in [4.78, 5) is 32.2. The summed E-state index contributed by atoms with van der Waals surface area (Å²) in [6.07, 6.45) is -4.29. The second kappa shape index (κ2) is 8.32. The number of aromatic nitrogens is 2. The van der Waals surface area contributed by atoms with Gasteiger partial charge in [0.15, 0.2) is 0 Å². The van der Waals surface area contributed by atoms with Crippen LogP contribution in [0.1, 0.15) is 10.4 Å². The van der Waals surface area contributed by atoms with Crippen molar-refractivity contribution in [3.63, 3.8) is 0 Å². The van der Waals surface area contributed by atoms with Crippen LogP contribution in [0.3, 0.4) is 0 Å². The molecule has 0 spiro atoms. The summed E-state index contributed by atoms with van der Waals surface area (Å²) >= 11 is 0. The summed E-state index contributed by atoms with van der Waals surface area (Å²) in [6.45, 7) is -0.455. The molecule has 1 fully saturated rings. The molecule has 1 aromatic heterocycles. The van der Waals surface area contributed by atoms with Crippen LogP contribution in [0.4, 0.5) is 13.2 Å². The molecular formula is C20H20F3N5O4S. The Balaban J connectivity index is 1.59. The monoisotopic (exact) mass is 483 g/mol. The number of nitrogens with two attached hydrogens (primary N) is 1. The SMILES string of the molecule is NS(=O)(=O)c1ccc2[nH]c(=O)[nH]c2c1-c1ccc(C(=O)N2CCN(CC(F)(F)F)CC2)cc1. The van der Waals surface area contributed by atoms with Crippen molar-refractivity contribution in [2.24, 2.45) is 5.14 Å². The number of nitrogens with one attached hydrogen (secondary N) is 2. The highest BCUT2D eigenvalue weighted by atomic mass is 32.2. The van der Waals surface area contributed by atoms with E-state index in [9.17, 15) is 31.2 Å². The summed E-state index contributed by atoms with van der Waals surface area (Å²) < 4.78 is 61.9. The standard InChI is InChI=1S/C20H20F3N5O4S/c21-20(22,23)11-27-7-9-28(10-8-27)18(29)13-3-1-12(2-4-13)16-15(33(24,31)32)6-5-14-17(16)26-19(30)25-14/h1-6H,7-11H2,(H2,24,31,32)(H2,25,26,30). The Labute approximate surface area is 186 Å². The smallest absolute Gasteiger partial charge is 0.336 e. The number of hydrogen-bond donors (Lipinski definition) is 3. The third-order valence-electron chi connectivity index (χ3n) is 5.44. The number of amides is 1. The Hall–Kier alpha value is -3.16. The molecule has 4 rings (SSSR count). The first-order chi connectivity index (χ1) is 15.4.